The number of ether oxygens (including phenoxy) is 2. The van der Waals surface area contributed by atoms with E-state index in [1.54, 1.807) is 6.92 Å². The number of methoxy groups -OCH3 is 1. The van der Waals surface area contributed by atoms with Gasteiger partial charge in [-0.2, -0.15) is 13.2 Å². The second kappa shape index (κ2) is 9.41. The lowest BCUT2D eigenvalue weighted by atomic mass is 9.80. The Labute approximate surface area is 157 Å². The molecule has 1 fully saturated rings. The molecular weight excluding hydrogens is 361 g/mol. The van der Waals surface area contributed by atoms with Crippen LogP contribution in [0, 0.1) is 0 Å². The van der Waals surface area contributed by atoms with Crippen LogP contribution in [0.15, 0.2) is 30.3 Å². The summed E-state index contributed by atoms with van der Waals surface area (Å²) in [4.78, 5) is 11.9. The second-order valence-corrected chi connectivity index (χ2v) is 7.23. The third kappa shape index (κ3) is 7.03. The van der Waals surface area contributed by atoms with Crippen LogP contribution in [0.4, 0.5) is 18.0 Å². The number of hydrogen-bond donors (Lipinski definition) is 2. The van der Waals surface area contributed by atoms with Gasteiger partial charge in [0.25, 0.3) is 0 Å². The number of benzene rings is 1. The minimum absolute atomic E-state index is 0.102. The van der Waals surface area contributed by atoms with Gasteiger partial charge in [-0.3, -0.25) is 5.32 Å². The zero-order chi connectivity index (χ0) is 19.9. The van der Waals surface area contributed by atoms with Crippen molar-refractivity contribution in [2.45, 2.75) is 63.0 Å². The standard InChI is InChI=1S/C19H27F3N2O3/c1-18(24-16(13-26-2)19(20,21)22)10-8-15(9-11-18)23-17(25)27-12-14-6-4-3-5-7-14/h3-7,15-16,24H,8-13H2,1-2H3,(H,23,25)/t15?,16-,18?/m0/s1. The molecule has 1 aromatic carbocycles. The predicted octanol–water partition coefficient (Wildman–Crippen LogP) is 3.78. The molecule has 1 amide bonds. The first-order valence-electron chi connectivity index (χ1n) is 9.02. The highest BCUT2D eigenvalue weighted by Crippen LogP contribution is 2.31. The molecule has 152 valence electrons. The summed E-state index contributed by atoms with van der Waals surface area (Å²) >= 11 is 0. The van der Waals surface area contributed by atoms with Gasteiger partial charge >= 0.3 is 12.3 Å². The minimum Gasteiger partial charge on any atom is -0.445 e. The van der Waals surface area contributed by atoms with Gasteiger partial charge < -0.3 is 14.8 Å². The van der Waals surface area contributed by atoms with Crippen LogP contribution >= 0.6 is 0 Å². The van der Waals surface area contributed by atoms with Gasteiger partial charge in [0, 0.05) is 18.7 Å². The van der Waals surface area contributed by atoms with Crippen LogP contribution in [-0.4, -0.2) is 43.6 Å². The van der Waals surface area contributed by atoms with Crippen molar-refractivity contribution in [3.8, 4) is 0 Å². The molecule has 2 rings (SSSR count). The molecule has 5 nitrogen and oxygen atoms in total. The number of nitrogens with one attached hydrogen (secondary N) is 2. The molecule has 1 atom stereocenters. The number of halogens is 3. The minimum atomic E-state index is -4.37. The summed E-state index contributed by atoms with van der Waals surface area (Å²) < 4.78 is 49.2. The van der Waals surface area contributed by atoms with E-state index >= 15 is 0 Å². The zero-order valence-electron chi connectivity index (χ0n) is 15.6. The summed E-state index contributed by atoms with van der Waals surface area (Å²) in [6, 6.07) is 7.53. The SMILES string of the molecule is COC[C@H](NC1(C)CCC(NC(=O)OCc2ccccc2)CC1)C(F)(F)F. The number of hydrogen-bond acceptors (Lipinski definition) is 4. The van der Waals surface area contributed by atoms with E-state index in [4.69, 9.17) is 9.47 Å². The van der Waals surface area contributed by atoms with Gasteiger partial charge in [-0.25, -0.2) is 4.79 Å². The van der Waals surface area contributed by atoms with Gasteiger partial charge in [0.05, 0.1) is 6.61 Å². The van der Waals surface area contributed by atoms with Crippen molar-refractivity contribution in [3.63, 3.8) is 0 Å². The Kier molecular flexibility index (Phi) is 7.49. The van der Waals surface area contributed by atoms with Gasteiger partial charge in [-0.1, -0.05) is 30.3 Å². The normalized spacial score (nSPS) is 24.3. The molecule has 0 saturated heterocycles. The van der Waals surface area contributed by atoms with E-state index in [9.17, 15) is 18.0 Å². The van der Waals surface area contributed by atoms with E-state index in [0.29, 0.717) is 25.7 Å². The van der Waals surface area contributed by atoms with E-state index < -0.39 is 30.5 Å². The number of carbonyl (C=O) groups excluding carboxylic acids is 1. The molecule has 0 spiro atoms. The van der Waals surface area contributed by atoms with Gasteiger partial charge in [0.2, 0.25) is 0 Å². The van der Waals surface area contributed by atoms with Crippen molar-refractivity contribution < 1.29 is 27.4 Å². The average Bonchev–Trinajstić information content (AvgIpc) is 2.62. The number of alkyl halides is 3. The lowest BCUT2D eigenvalue weighted by Gasteiger charge is -2.41. The van der Waals surface area contributed by atoms with Gasteiger partial charge in [-0.15, -0.1) is 0 Å². The molecule has 0 heterocycles. The largest absolute Gasteiger partial charge is 0.445 e. The van der Waals surface area contributed by atoms with Gasteiger partial charge in [0.15, 0.2) is 0 Å². The molecule has 0 radical (unpaired) electrons. The van der Waals surface area contributed by atoms with Gasteiger partial charge in [0.1, 0.15) is 12.6 Å². The third-order valence-corrected chi connectivity index (χ3v) is 4.88. The third-order valence-electron chi connectivity index (χ3n) is 4.88. The predicted molar refractivity (Wildman–Crippen MR) is 95.3 cm³/mol. The molecule has 0 bridgehead atoms. The van der Waals surface area contributed by atoms with Crippen molar-refractivity contribution in [2.24, 2.45) is 0 Å². The fraction of sp³-hybridized carbons (Fsp3) is 0.632. The molecule has 0 unspecified atom stereocenters. The maximum Gasteiger partial charge on any atom is 0.407 e. The highest BCUT2D eigenvalue weighted by Gasteiger charge is 2.44. The van der Waals surface area contributed by atoms with Gasteiger partial charge in [-0.05, 0) is 38.2 Å². The fourth-order valence-electron chi connectivity index (χ4n) is 3.28. The maximum absolute atomic E-state index is 13.1. The summed E-state index contributed by atoms with van der Waals surface area (Å²) in [5.74, 6) is 0. The molecule has 8 heteroatoms. The Balaban J connectivity index is 1.77. The molecule has 1 aliphatic carbocycles. The Morgan fingerprint density at radius 1 is 1.26 bits per heavy atom. The number of amides is 1. The fourth-order valence-corrected chi connectivity index (χ4v) is 3.28. The molecular formula is C19H27F3N2O3. The smallest absolute Gasteiger partial charge is 0.407 e. The molecule has 0 aliphatic heterocycles. The van der Waals surface area contributed by atoms with Crippen molar-refractivity contribution in [1.29, 1.82) is 0 Å². The summed E-state index contributed by atoms with van der Waals surface area (Å²) in [6.07, 6.45) is -2.66. The van der Waals surface area contributed by atoms with Crippen LogP contribution < -0.4 is 10.6 Å². The number of rotatable bonds is 7. The van der Waals surface area contributed by atoms with Crippen LogP contribution in [0.3, 0.4) is 0 Å². The van der Waals surface area contributed by atoms with E-state index in [1.807, 2.05) is 30.3 Å². The first-order valence-corrected chi connectivity index (χ1v) is 9.02. The lowest BCUT2D eigenvalue weighted by molar-refractivity contribution is -0.172. The maximum atomic E-state index is 13.1. The Hall–Kier alpha value is -1.80. The first-order chi connectivity index (χ1) is 12.7. The van der Waals surface area contributed by atoms with E-state index in [-0.39, 0.29) is 12.6 Å². The molecule has 1 saturated carbocycles. The van der Waals surface area contributed by atoms with E-state index in [0.717, 1.165) is 5.56 Å². The average molecular weight is 388 g/mol. The second-order valence-electron chi connectivity index (χ2n) is 7.23. The van der Waals surface area contributed by atoms with Crippen molar-refractivity contribution in [3.05, 3.63) is 35.9 Å². The van der Waals surface area contributed by atoms with Crippen molar-refractivity contribution in [2.75, 3.05) is 13.7 Å². The van der Waals surface area contributed by atoms with Crippen molar-refractivity contribution >= 4 is 6.09 Å². The zero-order valence-corrected chi connectivity index (χ0v) is 15.6. The van der Waals surface area contributed by atoms with E-state index in [1.165, 1.54) is 7.11 Å². The molecule has 2 N–H and O–H groups in total. The summed E-state index contributed by atoms with van der Waals surface area (Å²) in [6.45, 7) is 1.54. The molecule has 27 heavy (non-hydrogen) atoms. The topological polar surface area (TPSA) is 59.6 Å². The number of alkyl carbamates (subject to hydrolysis) is 1. The van der Waals surface area contributed by atoms with Crippen LogP contribution in [0.2, 0.25) is 0 Å². The molecule has 0 aromatic heterocycles. The quantitative estimate of drug-likeness (QED) is 0.746. The highest BCUT2D eigenvalue weighted by atomic mass is 19.4. The van der Waals surface area contributed by atoms with Crippen LogP contribution in [0.5, 0.6) is 0 Å². The summed E-state index contributed by atoms with van der Waals surface area (Å²) in [5.41, 5.74) is 0.245. The van der Waals surface area contributed by atoms with Crippen LogP contribution in [0.25, 0.3) is 0 Å². The summed E-state index contributed by atoms with van der Waals surface area (Å²) in [7, 11) is 1.25. The Morgan fingerprint density at radius 2 is 1.89 bits per heavy atom. The Bertz CT molecular complexity index is 588. The lowest BCUT2D eigenvalue weighted by Crippen LogP contribution is -2.58. The van der Waals surface area contributed by atoms with Crippen LogP contribution in [-0.2, 0) is 16.1 Å². The molecule has 1 aliphatic rings. The molecule has 1 aromatic rings. The van der Waals surface area contributed by atoms with Crippen LogP contribution in [0.1, 0.15) is 38.2 Å². The van der Waals surface area contributed by atoms with Crippen molar-refractivity contribution in [1.82, 2.24) is 10.6 Å². The first kappa shape index (κ1) is 21.5. The highest BCUT2D eigenvalue weighted by molar-refractivity contribution is 5.67. The summed E-state index contributed by atoms with van der Waals surface area (Å²) in [5, 5.41) is 5.50. The number of carbonyl (C=O) groups is 1. The van der Waals surface area contributed by atoms with E-state index in [2.05, 4.69) is 10.6 Å². The Morgan fingerprint density at radius 3 is 2.44 bits per heavy atom. The monoisotopic (exact) mass is 388 g/mol.